The number of nitrogens with zero attached hydrogens (tertiary/aromatic N) is 1. The van der Waals surface area contributed by atoms with Gasteiger partial charge in [0, 0.05) is 17.7 Å². The van der Waals surface area contributed by atoms with Crippen LogP contribution in [0.3, 0.4) is 0 Å². The minimum Gasteiger partial charge on any atom is -0.396 e. The Morgan fingerprint density at radius 3 is 2.47 bits per heavy atom. The molecule has 0 aliphatic heterocycles. The highest BCUT2D eigenvalue weighted by Crippen LogP contribution is 2.17. The van der Waals surface area contributed by atoms with Crippen molar-refractivity contribution < 1.29 is 5.11 Å². The molecule has 0 saturated carbocycles. The molecule has 0 bridgehead atoms. The van der Waals surface area contributed by atoms with Crippen molar-refractivity contribution in [3.8, 4) is 0 Å². The van der Waals surface area contributed by atoms with E-state index in [0.717, 1.165) is 49.4 Å². The number of nitrogens with two attached hydrogens (primary N) is 1. The number of aliphatic hydroxyl groups is 1. The zero-order valence-electron chi connectivity index (χ0n) is 11.7. The molecule has 1 unspecified atom stereocenters. The van der Waals surface area contributed by atoms with E-state index in [2.05, 4.69) is 11.9 Å². The molecule has 1 atom stereocenters. The number of hydrogen-bond acceptors (Lipinski definition) is 3. The van der Waals surface area contributed by atoms with E-state index in [1.807, 2.05) is 24.3 Å². The molecule has 1 rings (SSSR count). The summed E-state index contributed by atoms with van der Waals surface area (Å²) in [4.78, 5) is 2.30. The predicted molar refractivity (Wildman–Crippen MR) is 81.4 cm³/mol. The summed E-state index contributed by atoms with van der Waals surface area (Å²) in [5, 5.41) is 9.46. The maximum atomic E-state index is 8.71. The lowest BCUT2D eigenvalue weighted by molar-refractivity contribution is 0.270. The number of unbranched alkanes of at least 4 members (excludes halogenated alkanes) is 2. The third kappa shape index (κ3) is 6.92. The third-order valence-electron chi connectivity index (χ3n) is 3.32. The molecule has 3 N–H and O–H groups in total. The zero-order valence-corrected chi connectivity index (χ0v) is 12.4. The fraction of sp³-hybridized carbons (Fsp3) is 0.600. The molecule has 0 spiro atoms. The fourth-order valence-corrected chi connectivity index (χ4v) is 2.14. The minimum atomic E-state index is 0.0668. The Morgan fingerprint density at radius 1 is 1.16 bits per heavy atom. The van der Waals surface area contributed by atoms with Gasteiger partial charge in [0.2, 0.25) is 0 Å². The van der Waals surface area contributed by atoms with E-state index in [4.69, 9.17) is 22.4 Å². The zero-order chi connectivity index (χ0) is 14.1. The first-order valence-electron chi connectivity index (χ1n) is 6.94. The maximum absolute atomic E-state index is 8.71. The van der Waals surface area contributed by atoms with Crippen molar-refractivity contribution in [2.24, 2.45) is 5.73 Å². The van der Waals surface area contributed by atoms with Crippen molar-refractivity contribution in [2.75, 3.05) is 26.7 Å². The van der Waals surface area contributed by atoms with Gasteiger partial charge in [-0.2, -0.15) is 0 Å². The lowest BCUT2D eigenvalue weighted by Gasteiger charge is -2.19. The average molecular weight is 285 g/mol. The van der Waals surface area contributed by atoms with Crippen LogP contribution in [0.5, 0.6) is 0 Å². The van der Waals surface area contributed by atoms with Crippen molar-refractivity contribution in [1.82, 2.24) is 4.90 Å². The molecule has 1 aromatic carbocycles. The monoisotopic (exact) mass is 284 g/mol. The van der Waals surface area contributed by atoms with Gasteiger partial charge in [-0.15, -0.1) is 0 Å². The third-order valence-corrected chi connectivity index (χ3v) is 3.57. The molecular weight excluding hydrogens is 260 g/mol. The van der Waals surface area contributed by atoms with Crippen LogP contribution >= 0.6 is 11.6 Å². The molecular formula is C15H25ClN2O. The van der Waals surface area contributed by atoms with Crippen LogP contribution in [0, 0.1) is 0 Å². The Bertz CT molecular complexity index is 343. The van der Waals surface area contributed by atoms with Crippen LogP contribution < -0.4 is 5.73 Å². The first kappa shape index (κ1) is 16.4. The lowest BCUT2D eigenvalue weighted by Crippen LogP contribution is -2.24. The Balaban J connectivity index is 2.22. The van der Waals surface area contributed by atoms with Gasteiger partial charge in [-0.05, 0) is 63.5 Å². The van der Waals surface area contributed by atoms with Gasteiger partial charge in [0.25, 0.3) is 0 Å². The molecule has 0 radical (unpaired) electrons. The minimum absolute atomic E-state index is 0.0668. The first-order chi connectivity index (χ1) is 9.13. The van der Waals surface area contributed by atoms with Crippen molar-refractivity contribution in [2.45, 2.75) is 31.7 Å². The van der Waals surface area contributed by atoms with Crippen molar-refractivity contribution in [3.63, 3.8) is 0 Å². The van der Waals surface area contributed by atoms with Crippen molar-refractivity contribution >= 4 is 11.6 Å². The van der Waals surface area contributed by atoms with Crippen LogP contribution in [-0.4, -0.2) is 36.8 Å². The number of rotatable bonds is 9. The normalized spacial score (nSPS) is 12.9. The van der Waals surface area contributed by atoms with Gasteiger partial charge < -0.3 is 15.7 Å². The second-order valence-electron chi connectivity index (χ2n) is 5.03. The van der Waals surface area contributed by atoms with Gasteiger partial charge in [0.05, 0.1) is 0 Å². The van der Waals surface area contributed by atoms with E-state index < -0.39 is 0 Å². The van der Waals surface area contributed by atoms with E-state index in [9.17, 15) is 0 Å². The molecule has 0 fully saturated rings. The number of benzene rings is 1. The highest BCUT2D eigenvalue weighted by Gasteiger charge is 2.07. The molecule has 0 aromatic heterocycles. The predicted octanol–water partition coefficient (Wildman–Crippen LogP) is 2.82. The highest BCUT2D eigenvalue weighted by molar-refractivity contribution is 6.30. The van der Waals surface area contributed by atoms with Crippen LogP contribution in [0.15, 0.2) is 24.3 Å². The summed E-state index contributed by atoms with van der Waals surface area (Å²) in [7, 11) is 2.12. The number of aliphatic hydroxyl groups excluding tert-OH is 1. The summed E-state index contributed by atoms with van der Waals surface area (Å²) < 4.78 is 0. The molecule has 0 saturated heterocycles. The van der Waals surface area contributed by atoms with E-state index >= 15 is 0 Å². The lowest BCUT2D eigenvalue weighted by atomic mass is 10.0. The summed E-state index contributed by atoms with van der Waals surface area (Å²) in [6.45, 7) is 2.35. The second kappa shape index (κ2) is 9.32. The molecule has 0 aliphatic rings. The molecule has 108 valence electrons. The Morgan fingerprint density at radius 2 is 1.84 bits per heavy atom. The summed E-state index contributed by atoms with van der Waals surface area (Å²) in [6, 6.07) is 7.82. The summed E-state index contributed by atoms with van der Waals surface area (Å²) in [5.41, 5.74) is 7.30. The molecule has 1 aromatic rings. The Kier molecular flexibility index (Phi) is 8.07. The van der Waals surface area contributed by atoms with E-state index in [0.29, 0.717) is 6.61 Å². The van der Waals surface area contributed by atoms with Gasteiger partial charge in [0.15, 0.2) is 0 Å². The van der Waals surface area contributed by atoms with Crippen molar-refractivity contribution in [3.05, 3.63) is 34.9 Å². The molecule has 0 aliphatic carbocycles. The molecule has 3 nitrogen and oxygen atoms in total. The Labute approximate surface area is 121 Å². The SMILES string of the molecule is CN(CCCCCO)CCC(N)c1ccc(Cl)cc1. The van der Waals surface area contributed by atoms with Crippen LogP contribution in [0.2, 0.25) is 5.02 Å². The first-order valence-corrected chi connectivity index (χ1v) is 7.31. The second-order valence-corrected chi connectivity index (χ2v) is 5.47. The quantitative estimate of drug-likeness (QED) is 0.686. The maximum Gasteiger partial charge on any atom is 0.0431 e. The summed E-state index contributed by atoms with van der Waals surface area (Å²) >= 11 is 5.86. The smallest absolute Gasteiger partial charge is 0.0431 e. The summed E-state index contributed by atoms with van der Waals surface area (Å²) in [6.07, 6.45) is 4.06. The van der Waals surface area contributed by atoms with Crippen LogP contribution in [0.4, 0.5) is 0 Å². The van der Waals surface area contributed by atoms with Gasteiger partial charge in [0.1, 0.15) is 0 Å². The summed E-state index contributed by atoms with van der Waals surface area (Å²) in [5.74, 6) is 0. The van der Waals surface area contributed by atoms with Gasteiger partial charge in [-0.1, -0.05) is 23.7 Å². The molecule has 0 heterocycles. The topological polar surface area (TPSA) is 49.5 Å². The van der Waals surface area contributed by atoms with E-state index in [1.54, 1.807) is 0 Å². The van der Waals surface area contributed by atoms with Crippen LogP contribution in [0.25, 0.3) is 0 Å². The Hall–Kier alpha value is -0.610. The van der Waals surface area contributed by atoms with Gasteiger partial charge >= 0.3 is 0 Å². The fourth-order valence-electron chi connectivity index (χ4n) is 2.02. The van der Waals surface area contributed by atoms with Gasteiger partial charge in [-0.3, -0.25) is 0 Å². The van der Waals surface area contributed by atoms with Crippen molar-refractivity contribution in [1.29, 1.82) is 0 Å². The van der Waals surface area contributed by atoms with E-state index in [-0.39, 0.29) is 6.04 Å². The van der Waals surface area contributed by atoms with Crippen LogP contribution in [0.1, 0.15) is 37.3 Å². The van der Waals surface area contributed by atoms with E-state index in [1.165, 1.54) is 0 Å². The largest absolute Gasteiger partial charge is 0.396 e. The number of hydrogen-bond donors (Lipinski definition) is 2. The molecule has 19 heavy (non-hydrogen) atoms. The highest BCUT2D eigenvalue weighted by atomic mass is 35.5. The molecule has 4 heteroatoms. The van der Waals surface area contributed by atoms with Crippen LogP contribution in [-0.2, 0) is 0 Å². The molecule has 0 amide bonds. The van der Waals surface area contributed by atoms with Gasteiger partial charge in [-0.25, -0.2) is 0 Å². The number of halogens is 1. The average Bonchev–Trinajstić information content (AvgIpc) is 2.42. The standard InChI is InChI=1S/C15H25ClN2O/c1-18(10-3-2-4-12-19)11-9-15(17)13-5-7-14(16)8-6-13/h5-8,15,19H,2-4,9-12,17H2,1H3.